The lowest BCUT2D eigenvalue weighted by Crippen LogP contribution is -2.49. The molecule has 106 valence electrons. The van der Waals surface area contributed by atoms with Gasteiger partial charge in [0, 0.05) is 11.8 Å². The van der Waals surface area contributed by atoms with Crippen LogP contribution in [-0.4, -0.2) is 41.2 Å². The standard InChI is InChI=1S/C12H24N2O3S/c1-5-8(2)10(11(15)16)14-12(17)13-7-6-9(3)18-4/h8-10H,5-7H2,1-4H3,(H,15,16)(H2,13,14,17). The molecule has 2 amide bonds. The predicted molar refractivity (Wildman–Crippen MR) is 75.0 cm³/mol. The topological polar surface area (TPSA) is 78.4 Å². The lowest BCUT2D eigenvalue weighted by Gasteiger charge is -2.20. The summed E-state index contributed by atoms with van der Waals surface area (Å²) in [6, 6.07) is -1.23. The average Bonchev–Trinajstić information content (AvgIpc) is 2.34. The zero-order chi connectivity index (χ0) is 14.1. The molecule has 0 aliphatic rings. The number of carboxylic acids is 1. The first kappa shape index (κ1) is 17.1. The van der Waals surface area contributed by atoms with Crippen molar-refractivity contribution in [3.05, 3.63) is 0 Å². The van der Waals surface area contributed by atoms with Crippen LogP contribution < -0.4 is 10.6 Å². The van der Waals surface area contributed by atoms with Gasteiger partial charge in [-0.05, 0) is 18.6 Å². The van der Waals surface area contributed by atoms with Gasteiger partial charge >= 0.3 is 12.0 Å². The molecule has 0 heterocycles. The van der Waals surface area contributed by atoms with Crippen LogP contribution in [0.4, 0.5) is 4.79 Å². The summed E-state index contributed by atoms with van der Waals surface area (Å²) in [4.78, 5) is 22.6. The normalized spacial score (nSPS) is 15.6. The van der Waals surface area contributed by atoms with Gasteiger partial charge in [-0.15, -0.1) is 0 Å². The van der Waals surface area contributed by atoms with Crippen molar-refractivity contribution in [1.82, 2.24) is 10.6 Å². The highest BCUT2D eigenvalue weighted by Crippen LogP contribution is 2.09. The van der Waals surface area contributed by atoms with Gasteiger partial charge in [0.25, 0.3) is 0 Å². The van der Waals surface area contributed by atoms with Gasteiger partial charge in [-0.2, -0.15) is 11.8 Å². The third kappa shape index (κ3) is 6.74. The Morgan fingerprint density at radius 3 is 2.39 bits per heavy atom. The van der Waals surface area contributed by atoms with Gasteiger partial charge in [0.05, 0.1) is 0 Å². The number of carboxylic acid groups (broad SMARTS) is 1. The highest BCUT2D eigenvalue weighted by atomic mass is 32.2. The van der Waals surface area contributed by atoms with E-state index in [1.807, 2.05) is 20.1 Å². The number of urea groups is 1. The Morgan fingerprint density at radius 1 is 1.33 bits per heavy atom. The smallest absolute Gasteiger partial charge is 0.326 e. The van der Waals surface area contributed by atoms with Gasteiger partial charge in [-0.3, -0.25) is 0 Å². The Morgan fingerprint density at radius 2 is 1.94 bits per heavy atom. The van der Waals surface area contributed by atoms with E-state index in [1.54, 1.807) is 11.8 Å². The lowest BCUT2D eigenvalue weighted by atomic mass is 9.99. The number of rotatable bonds is 8. The van der Waals surface area contributed by atoms with Crippen molar-refractivity contribution in [3.63, 3.8) is 0 Å². The maximum absolute atomic E-state index is 11.6. The van der Waals surface area contributed by atoms with Gasteiger partial charge in [-0.1, -0.05) is 27.2 Å². The van der Waals surface area contributed by atoms with Crippen LogP contribution in [0.1, 0.15) is 33.6 Å². The Labute approximate surface area is 113 Å². The SMILES string of the molecule is CCC(C)C(NC(=O)NCCC(C)SC)C(=O)O. The first-order valence-corrected chi connectivity index (χ1v) is 7.51. The van der Waals surface area contributed by atoms with Crippen LogP contribution in [0.5, 0.6) is 0 Å². The van der Waals surface area contributed by atoms with Crippen LogP contribution >= 0.6 is 11.8 Å². The molecule has 0 aromatic carbocycles. The second kappa shape index (κ2) is 9.08. The van der Waals surface area contributed by atoms with Gasteiger partial charge in [0.1, 0.15) is 6.04 Å². The molecule has 0 saturated carbocycles. The quantitative estimate of drug-likeness (QED) is 0.633. The second-order valence-corrected chi connectivity index (χ2v) is 5.71. The van der Waals surface area contributed by atoms with Gasteiger partial charge < -0.3 is 15.7 Å². The molecule has 3 atom stereocenters. The fourth-order valence-electron chi connectivity index (χ4n) is 1.38. The number of hydrogen-bond acceptors (Lipinski definition) is 3. The van der Waals surface area contributed by atoms with E-state index >= 15 is 0 Å². The highest BCUT2D eigenvalue weighted by Gasteiger charge is 2.24. The molecular weight excluding hydrogens is 252 g/mol. The predicted octanol–water partition coefficient (Wildman–Crippen LogP) is 1.93. The zero-order valence-electron chi connectivity index (χ0n) is 11.5. The van der Waals surface area contributed by atoms with Crippen molar-refractivity contribution in [2.45, 2.75) is 44.9 Å². The fraction of sp³-hybridized carbons (Fsp3) is 0.833. The lowest BCUT2D eigenvalue weighted by molar-refractivity contribution is -0.140. The summed E-state index contributed by atoms with van der Waals surface area (Å²) in [5, 5.41) is 14.7. The van der Waals surface area contributed by atoms with E-state index in [0.29, 0.717) is 18.2 Å². The van der Waals surface area contributed by atoms with E-state index in [0.717, 1.165) is 6.42 Å². The Balaban J connectivity index is 4.07. The Hall–Kier alpha value is -0.910. The molecule has 0 fully saturated rings. The molecule has 18 heavy (non-hydrogen) atoms. The zero-order valence-corrected chi connectivity index (χ0v) is 12.3. The number of amides is 2. The minimum atomic E-state index is -0.989. The molecule has 0 bridgehead atoms. The number of carbonyl (C=O) groups excluding carboxylic acids is 1. The minimum absolute atomic E-state index is 0.0848. The Bertz CT molecular complexity index is 274. The molecule has 0 aromatic heterocycles. The molecule has 0 radical (unpaired) electrons. The molecule has 6 heteroatoms. The van der Waals surface area contributed by atoms with Crippen LogP contribution in [-0.2, 0) is 4.79 Å². The molecule has 3 unspecified atom stereocenters. The summed E-state index contributed by atoms with van der Waals surface area (Å²) in [7, 11) is 0. The van der Waals surface area contributed by atoms with Crippen LogP contribution in [0, 0.1) is 5.92 Å². The van der Waals surface area contributed by atoms with E-state index in [9.17, 15) is 9.59 Å². The largest absolute Gasteiger partial charge is 0.480 e. The third-order valence-corrected chi connectivity index (χ3v) is 4.04. The summed E-state index contributed by atoms with van der Waals surface area (Å²) >= 11 is 1.74. The molecule has 0 aromatic rings. The molecule has 5 nitrogen and oxygen atoms in total. The first-order chi connectivity index (χ1) is 8.42. The van der Waals surface area contributed by atoms with Crippen LogP contribution in [0.15, 0.2) is 0 Å². The molecule has 0 aliphatic carbocycles. The van der Waals surface area contributed by atoms with Crippen LogP contribution in [0.2, 0.25) is 0 Å². The molecule has 0 spiro atoms. The number of thioether (sulfide) groups is 1. The third-order valence-electron chi connectivity index (χ3n) is 3.00. The summed E-state index contributed by atoms with van der Waals surface area (Å²) in [6.07, 6.45) is 3.60. The monoisotopic (exact) mass is 276 g/mol. The van der Waals surface area contributed by atoms with Gasteiger partial charge in [0.15, 0.2) is 0 Å². The summed E-state index contributed by atoms with van der Waals surface area (Å²) in [5.74, 6) is -1.07. The van der Waals surface area contributed by atoms with Crippen molar-refractivity contribution >= 4 is 23.8 Å². The average molecular weight is 276 g/mol. The van der Waals surface area contributed by atoms with E-state index in [4.69, 9.17) is 5.11 Å². The van der Waals surface area contributed by atoms with Crippen LogP contribution in [0.25, 0.3) is 0 Å². The minimum Gasteiger partial charge on any atom is -0.480 e. The van der Waals surface area contributed by atoms with E-state index < -0.39 is 18.0 Å². The van der Waals surface area contributed by atoms with Crippen molar-refractivity contribution in [3.8, 4) is 0 Å². The highest BCUT2D eigenvalue weighted by molar-refractivity contribution is 7.99. The van der Waals surface area contributed by atoms with E-state index in [1.165, 1.54) is 0 Å². The maximum atomic E-state index is 11.6. The van der Waals surface area contributed by atoms with E-state index in [2.05, 4.69) is 17.6 Å². The first-order valence-electron chi connectivity index (χ1n) is 6.22. The van der Waals surface area contributed by atoms with Gasteiger partial charge in [-0.25, -0.2) is 9.59 Å². The molecule has 0 rings (SSSR count). The Kier molecular flexibility index (Phi) is 8.62. The molecule has 0 aliphatic heterocycles. The van der Waals surface area contributed by atoms with Crippen molar-refractivity contribution < 1.29 is 14.7 Å². The summed E-state index contributed by atoms with van der Waals surface area (Å²) < 4.78 is 0. The summed E-state index contributed by atoms with van der Waals surface area (Å²) in [6.45, 7) is 6.36. The number of hydrogen-bond donors (Lipinski definition) is 3. The van der Waals surface area contributed by atoms with Crippen LogP contribution in [0.3, 0.4) is 0 Å². The maximum Gasteiger partial charge on any atom is 0.326 e. The molecular formula is C12H24N2O3S. The van der Waals surface area contributed by atoms with Crippen molar-refractivity contribution in [2.24, 2.45) is 5.92 Å². The second-order valence-electron chi connectivity index (χ2n) is 4.44. The number of aliphatic carboxylic acids is 1. The van der Waals surface area contributed by atoms with Crippen molar-refractivity contribution in [2.75, 3.05) is 12.8 Å². The van der Waals surface area contributed by atoms with Gasteiger partial charge in [0.2, 0.25) is 0 Å². The fourth-order valence-corrected chi connectivity index (χ4v) is 1.74. The number of nitrogens with one attached hydrogen (secondary N) is 2. The molecule has 3 N–H and O–H groups in total. The number of carbonyl (C=O) groups is 2. The van der Waals surface area contributed by atoms with Crippen molar-refractivity contribution in [1.29, 1.82) is 0 Å². The van der Waals surface area contributed by atoms with E-state index in [-0.39, 0.29) is 5.92 Å². The summed E-state index contributed by atoms with van der Waals surface area (Å²) in [5.41, 5.74) is 0. The molecule has 0 saturated heterocycles.